The minimum absolute atomic E-state index is 0.0938. The predicted molar refractivity (Wildman–Crippen MR) is 85.0 cm³/mol. The van der Waals surface area contributed by atoms with Crippen LogP contribution in [0.2, 0.25) is 0 Å². The van der Waals surface area contributed by atoms with Crippen molar-refractivity contribution in [3.8, 4) is 5.75 Å². The SMILES string of the molecule is CC(=O)Oc1ccc2c(c1F)C(=O)N(C1CCC(=O)N(CCO)C1=O)C2=O. The van der Waals surface area contributed by atoms with Gasteiger partial charge in [-0.05, 0) is 18.6 Å². The van der Waals surface area contributed by atoms with E-state index in [1.54, 1.807) is 0 Å². The van der Waals surface area contributed by atoms with Crippen LogP contribution in [0.25, 0.3) is 0 Å². The number of piperidine rings is 1. The molecule has 1 saturated heterocycles. The maximum Gasteiger partial charge on any atom is 0.308 e. The van der Waals surface area contributed by atoms with Gasteiger partial charge in [-0.25, -0.2) is 4.39 Å². The van der Waals surface area contributed by atoms with Gasteiger partial charge in [0.2, 0.25) is 5.91 Å². The highest BCUT2D eigenvalue weighted by atomic mass is 19.1. The minimum atomic E-state index is -1.28. The highest BCUT2D eigenvalue weighted by Gasteiger charge is 2.48. The Morgan fingerprint density at radius 2 is 1.96 bits per heavy atom. The number of fused-ring (bicyclic) bond motifs is 1. The maximum atomic E-state index is 14.6. The van der Waals surface area contributed by atoms with Crippen LogP contribution in [0.4, 0.5) is 4.39 Å². The minimum Gasteiger partial charge on any atom is -0.424 e. The van der Waals surface area contributed by atoms with Crippen LogP contribution in [-0.2, 0) is 14.4 Å². The molecule has 1 fully saturated rings. The van der Waals surface area contributed by atoms with Crippen LogP contribution in [-0.4, -0.2) is 63.7 Å². The van der Waals surface area contributed by atoms with Crippen LogP contribution in [0.15, 0.2) is 12.1 Å². The molecule has 142 valence electrons. The number of carbonyl (C=O) groups is 5. The summed E-state index contributed by atoms with van der Waals surface area (Å²) in [7, 11) is 0. The summed E-state index contributed by atoms with van der Waals surface area (Å²) < 4.78 is 19.3. The van der Waals surface area contributed by atoms with Crippen LogP contribution in [0, 0.1) is 5.82 Å². The van der Waals surface area contributed by atoms with Crippen molar-refractivity contribution in [1.82, 2.24) is 9.80 Å². The van der Waals surface area contributed by atoms with Gasteiger partial charge in [-0.1, -0.05) is 0 Å². The smallest absolute Gasteiger partial charge is 0.308 e. The molecular weight excluding hydrogens is 363 g/mol. The Labute approximate surface area is 152 Å². The fourth-order valence-electron chi connectivity index (χ4n) is 3.20. The first kappa shape index (κ1) is 18.6. The maximum absolute atomic E-state index is 14.6. The van der Waals surface area contributed by atoms with Crippen molar-refractivity contribution in [3.05, 3.63) is 29.1 Å². The number of nitrogens with zero attached hydrogens (tertiary/aromatic N) is 2. The summed E-state index contributed by atoms with van der Waals surface area (Å²) in [6, 6.07) is 0.910. The number of hydrogen-bond donors (Lipinski definition) is 1. The zero-order chi connectivity index (χ0) is 19.9. The van der Waals surface area contributed by atoms with E-state index in [9.17, 15) is 28.4 Å². The lowest BCUT2D eigenvalue weighted by Gasteiger charge is -2.34. The molecule has 27 heavy (non-hydrogen) atoms. The first-order valence-corrected chi connectivity index (χ1v) is 8.11. The van der Waals surface area contributed by atoms with Crippen molar-refractivity contribution in [3.63, 3.8) is 0 Å². The second kappa shape index (κ2) is 6.88. The number of rotatable bonds is 4. The summed E-state index contributed by atoms with van der Waals surface area (Å²) in [5.41, 5.74) is -0.844. The third-order valence-electron chi connectivity index (χ3n) is 4.36. The van der Waals surface area contributed by atoms with E-state index in [1.165, 1.54) is 0 Å². The molecule has 0 aliphatic carbocycles. The molecule has 1 atom stereocenters. The Morgan fingerprint density at radius 3 is 2.59 bits per heavy atom. The highest BCUT2D eigenvalue weighted by Crippen LogP contribution is 2.34. The quantitative estimate of drug-likeness (QED) is 0.440. The zero-order valence-corrected chi connectivity index (χ0v) is 14.2. The number of ether oxygens (including phenoxy) is 1. The van der Waals surface area contributed by atoms with E-state index >= 15 is 0 Å². The lowest BCUT2D eigenvalue weighted by molar-refractivity contribution is -0.152. The van der Waals surface area contributed by atoms with Gasteiger partial charge in [0.25, 0.3) is 17.7 Å². The molecule has 0 spiro atoms. The molecular formula is C17H15FN2O7. The van der Waals surface area contributed by atoms with Crippen LogP contribution >= 0.6 is 0 Å². The third-order valence-corrected chi connectivity index (χ3v) is 4.36. The molecule has 1 aromatic rings. The van der Waals surface area contributed by atoms with Crippen molar-refractivity contribution < 1.29 is 38.2 Å². The molecule has 1 aromatic carbocycles. The Kier molecular flexibility index (Phi) is 4.75. The third kappa shape index (κ3) is 2.97. The zero-order valence-electron chi connectivity index (χ0n) is 14.2. The van der Waals surface area contributed by atoms with E-state index in [0.29, 0.717) is 4.90 Å². The Hall–Kier alpha value is -3.14. The monoisotopic (exact) mass is 378 g/mol. The first-order valence-electron chi connectivity index (χ1n) is 8.11. The summed E-state index contributed by atoms with van der Waals surface area (Å²) in [6.07, 6.45) is -0.200. The Bertz CT molecular complexity index is 882. The lowest BCUT2D eigenvalue weighted by Crippen LogP contribution is -2.56. The molecule has 0 aromatic heterocycles. The molecule has 2 aliphatic heterocycles. The Morgan fingerprint density at radius 1 is 1.26 bits per heavy atom. The molecule has 1 unspecified atom stereocenters. The molecule has 9 nitrogen and oxygen atoms in total. The summed E-state index contributed by atoms with van der Waals surface area (Å²) in [5, 5.41) is 9.01. The van der Waals surface area contributed by atoms with Crippen LogP contribution in [0.3, 0.4) is 0 Å². The summed E-state index contributed by atoms with van der Waals surface area (Å²) >= 11 is 0. The molecule has 0 bridgehead atoms. The van der Waals surface area contributed by atoms with Crippen molar-refractivity contribution in [2.24, 2.45) is 0 Å². The van der Waals surface area contributed by atoms with Crippen LogP contribution < -0.4 is 4.74 Å². The number of benzene rings is 1. The van der Waals surface area contributed by atoms with E-state index in [0.717, 1.165) is 24.0 Å². The van der Waals surface area contributed by atoms with Gasteiger partial charge in [-0.2, -0.15) is 0 Å². The molecule has 0 saturated carbocycles. The van der Waals surface area contributed by atoms with Gasteiger partial charge < -0.3 is 9.84 Å². The van der Waals surface area contributed by atoms with Crippen molar-refractivity contribution >= 4 is 29.6 Å². The predicted octanol–water partition coefficient (Wildman–Crippen LogP) is -0.143. The molecule has 2 heterocycles. The van der Waals surface area contributed by atoms with E-state index in [1.807, 2.05) is 0 Å². The fraction of sp³-hybridized carbons (Fsp3) is 0.353. The summed E-state index contributed by atoms with van der Waals surface area (Å²) in [5.74, 6) is -5.73. The molecule has 0 radical (unpaired) electrons. The summed E-state index contributed by atoms with van der Waals surface area (Å²) in [4.78, 5) is 62.1. The standard InChI is InChI=1S/C17H15FN2O7/c1-8(22)27-11-4-2-9-13(14(11)18)17(26)20(15(9)24)10-3-5-12(23)19(6-7-21)16(10)25/h2,4,10,21H,3,5-7H2,1H3. The second-order valence-corrected chi connectivity index (χ2v) is 6.04. The molecule has 4 amide bonds. The van der Waals surface area contributed by atoms with Gasteiger partial charge in [0.05, 0.1) is 24.3 Å². The lowest BCUT2D eigenvalue weighted by atomic mass is 10.0. The van der Waals surface area contributed by atoms with Crippen molar-refractivity contribution in [2.45, 2.75) is 25.8 Å². The number of aliphatic hydroxyl groups excluding tert-OH is 1. The topological polar surface area (TPSA) is 121 Å². The molecule has 3 rings (SSSR count). The van der Waals surface area contributed by atoms with Crippen LogP contribution in [0.1, 0.15) is 40.5 Å². The summed E-state index contributed by atoms with van der Waals surface area (Å²) in [6.45, 7) is 0.328. The second-order valence-electron chi connectivity index (χ2n) is 6.04. The average Bonchev–Trinajstić information content (AvgIpc) is 2.86. The number of halogens is 1. The highest BCUT2D eigenvalue weighted by molar-refractivity contribution is 6.23. The van der Waals surface area contributed by atoms with Gasteiger partial charge in [0, 0.05) is 13.3 Å². The Balaban J connectivity index is 1.97. The normalized spacial score (nSPS) is 19.6. The van der Waals surface area contributed by atoms with Crippen LogP contribution in [0.5, 0.6) is 5.75 Å². The number of likely N-dealkylation sites (tertiary alicyclic amines) is 1. The molecule has 10 heteroatoms. The first-order chi connectivity index (χ1) is 12.8. The number of aliphatic hydroxyl groups is 1. The van der Waals surface area contributed by atoms with Gasteiger partial charge >= 0.3 is 5.97 Å². The number of hydrogen-bond acceptors (Lipinski definition) is 7. The largest absolute Gasteiger partial charge is 0.424 e. The number of carbonyl (C=O) groups excluding carboxylic acids is 5. The van der Waals surface area contributed by atoms with Crippen molar-refractivity contribution in [2.75, 3.05) is 13.2 Å². The van der Waals surface area contributed by atoms with Crippen molar-refractivity contribution in [1.29, 1.82) is 0 Å². The molecule has 2 aliphatic rings. The number of esters is 1. The van der Waals surface area contributed by atoms with E-state index in [-0.39, 0.29) is 24.9 Å². The molecule has 1 N–H and O–H groups in total. The van der Waals surface area contributed by atoms with E-state index < -0.39 is 59.4 Å². The number of imide groups is 2. The average molecular weight is 378 g/mol. The van der Waals surface area contributed by atoms with Gasteiger partial charge in [0.15, 0.2) is 11.6 Å². The van der Waals surface area contributed by atoms with Gasteiger partial charge in [-0.15, -0.1) is 0 Å². The number of β-amino-alcohol motifs (C(OH)–C–C–N with tert-alkyl or cyclic N) is 1. The van der Waals surface area contributed by atoms with Gasteiger partial charge in [0.1, 0.15) is 6.04 Å². The fourth-order valence-corrected chi connectivity index (χ4v) is 3.20. The van der Waals surface area contributed by atoms with Gasteiger partial charge in [-0.3, -0.25) is 33.8 Å². The van der Waals surface area contributed by atoms with E-state index in [4.69, 9.17) is 5.11 Å². The van der Waals surface area contributed by atoms with E-state index in [2.05, 4.69) is 4.74 Å². The number of amides is 4.